The van der Waals surface area contributed by atoms with E-state index in [0.717, 1.165) is 19.3 Å². The normalized spacial score (nSPS) is 22.1. The number of esters is 1. The van der Waals surface area contributed by atoms with Gasteiger partial charge in [-0.2, -0.15) is 0 Å². The third-order valence-corrected chi connectivity index (χ3v) is 2.40. The summed E-state index contributed by atoms with van der Waals surface area (Å²) < 4.78 is 4.63. The van der Waals surface area contributed by atoms with Gasteiger partial charge in [0.1, 0.15) is 0 Å². The number of ether oxygens (including phenoxy) is 1. The number of allylic oxidation sites excluding steroid dienone is 2. The van der Waals surface area contributed by atoms with E-state index < -0.39 is 0 Å². The van der Waals surface area contributed by atoms with E-state index in [1.807, 2.05) is 0 Å². The quantitative estimate of drug-likeness (QED) is 0.370. The largest absolute Gasteiger partial charge is 0.466 e. The van der Waals surface area contributed by atoms with Crippen LogP contribution in [-0.2, 0) is 9.53 Å². The molecule has 0 heterocycles. The SMILES string of the molecule is C=C(C(=O)OC)[C@H]1C=CCCCC1. The van der Waals surface area contributed by atoms with Gasteiger partial charge >= 0.3 is 5.97 Å². The maximum Gasteiger partial charge on any atom is 0.333 e. The van der Waals surface area contributed by atoms with Gasteiger partial charge in [0.25, 0.3) is 0 Å². The molecule has 72 valence electrons. The number of hydrogen-bond donors (Lipinski definition) is 0. The lowest BCUT2D eigenvalue weighted by molar-refractivity contribution is -0.136. The van der Waals surface area contributed by atoms with E-state index in [2.05, 4.69) is 23.5 Å². The average molecular weight is 180 g/mol. The minimum Gasteiger partial charge on any atom is -0.466 e. The molecule has 2 nitrogen and oxygen atoms in total. The summed E-state index contributed by atoms with van der Waals surface area (Å²) in [4.78, 5) is 11.2. The summed E-state index contributed by atoms with van der Waals surface area (Å²) in [6, 6.07) is 0. The minimum atomic E-state index is -0.281. The summed E-state index contributed by atoms with van der Waals surface area (Å²) in [5, 5.41) is 0. The van der Waals surface area contributed by atoms with Crippen LogP contribution in [0.4, 0.5) is 0 Å². The number of methoxy groups -OCH3 is 1. The Hall–Kier alpha value is -1.05. The van der Waals surface area contributed by atoms with E-state index in [1.54, 1.807) is 0 Å². The second kappa shape index (κ2) is 4.85. The maximum atomic E-state index is 11.2. The second-order valence-electron chi connectivity index (χ2n) is 3.34. The van der Waals surface area contributed by atoms with Crippen molar-refractivity contribution in [2.24, 2.45) is 5.92 Å². The van der Waals surface area contributed by atoms with Crippen molar-refractivity contribution in [1.82, 2.24) is 0 Å². The van der Waals surface area contributed by atoms with Gasteiger partial charge in [-0.05, 0) is 19.3 Å². The van der Waals surface area contributed by atoms with Crippen LogP contribution in [0.25, 0.3) is 0 Å². The predicted octanol–water partition coefficient (Wildman–Crippen LogP) is 2.46. The first-order chi connectivity index (χ1) is 6.25. The lowest BCUT2D eigenvalue weighted by Crippen LogP contribution is -2.11. The number of hydrogen-bond acceptors (Lipinski definition) is 2. The molecule has 0 fully saturated rings. The van der Waals surface area contributed by atoms with E-state index >= 15 is 0 Å². The van der Waals surface area contributed by atoms with Gasteiger partial charge in [0.2, 0.25) is 0 Å². The fraction of sp³-hybridized carbons (Fsp3) is 0.545. The fourth-order valence-electron chi connectivity index (χ4n) is 1.56. The first kappa shape index (κ1) is 10.0. The van der Waals surface area contributed by atoms with E-state index in [9.17, 15) is 4.79 Å². The predicted molar refractivity (Wildman–Crippen MR) is 52.3 cm³/mol. The van der Waals surface area contributed by atoms with Crippen LogP contribution < -0.4 is 0 Å². The van der Waals surface area contributed by atoms with Crippen LogP contribution in [-0.4, -0.2) is 13.1 Å². The standard InChI is InChI=1S/C11H16O2/c1-9(11(12)13-2)10-7-5-3-4-6-8-10/h5,7,10H,1,3-4,6,8H2,2H3/t10-/m0/s1. The van der Waals surface area contributed by atoms with Gasteiger partial charge in [0.05, 0.1) is 7.11 Å². The molecular weight excluding hydrogens is 164 g/mol. The molecule has 1 rings (SSSR count). The van der Waals surface area contributed by atoms with Crippen LogP contribution in [0.1, 0.15) is 25.7 Å². The van der Waals surface area contributed by atoms with Crippen molar-refractivity contribution in [2.45, 2.75) is 25.7 Å². The highest BCUT2D eigenvalue weighted by Crippen LogP contribution is 2.23. The van der Waals surface area contributed by atoms with E-state index in [4.69, 9.17) is 0 Å². The summed E-state index contributed by atoms with van der Waals surface area (Å²) in [5.41, 5.74) is 0.584. The summed E-state index contributed by atoms with van der Waals surface area (Å²) in [7, 11) is 1.40. The summed E-state index contributed by atoms with van der Waals surface area (Å²) in [6.45, 7) is 3.76. The molecule has 0 unspecified atom stereocenters. The van der Waals surface area contributed by atoms with Gasteiger partial charge in [-0.1, -0.05) is 25.2 Å². The van der Waals surface area contributed by atoms with Crippen LogP contribution in [0.2, 0.25) is 0 Å². The van der Waals surface area contributed by atoms with Crippen molar-refractivity contribution in [1.29, 1.82) is 0 Å². The molecule has 1 aliphatic carbocycles. The van der Waals surface area contributed by atoms with Crippen LogP contribution in [0.5, 0.6) is 0 Å². The molecule has 0 aliphatic heterocycles. The average Bonchev–Trinajstić information content (AvgIpc) is 2.43. The second-order valence-corrected chi connectivity index (χ2v) is 3.34. The molecule has 0 aromatic heterocycles. The molecule has 0 N–H and O–H groups in total. The van der Waals surface area contributed by atoms with Gasteiger partial charge in [0.15, 0.2) is 0 Å². The fourth-order valence-corrected chi connectivity index (χ4v) is 1.56. The van der Waals surface area contributed by atoms with E-state index in [1.165, 1.54) is 13.5 Å². The van der Waals surface area contributed by atoms with Crippen molar-refractivity contribution in [3.8, 4) is 0 Å². The van der Waals surface area contributed by atoms with Crippen molar-refractivity contribution in [3.05, 3.63) is 24.3 Å². The zero-order chi connectivity index (χ0) is 9.68. The molecule has 1 aliphatic rings. The highest BCUT2D eigenvalue weighted by Gasteiger charge is 2.17. The van der Waals surface area contributed by atoms with Crippen molar-refractivity contribution in [2.75, 3.05) is 7.11 Å². The Labute approximate surface area is 79.3 Å². The molecule has 0 amide bonds. The Morgan fingerprint density at radius 1 is 1.54 bits per heavy atom. The Kier molecular flexibility index (Phi) is 3.74. The molecule has 0 saturated heterocycles. The lowest BCUT2D eigenvalue weighted by atomic mass is 9.96. The van der Waals surface area contributed by atoms with Gasteiger partial charge in [0, 0.05) is 11.5 Å². The van der Waals surface area contributed by atoms with E-state index in [-0.39, 0.29) is 11.9 Å². The lowest BCUT2D eigenvalue weighted by Gasteiger charge is -2.11. The summed E-state index contributed by atoms with van der Waals surface area (Å²) in [5.74, 6) is -0.0912. The topological polar surface area (TPSA) is 26.3 Å². The Morgan fingerprint density at radius 2 is 2.31 bits per heavy atom. The van der Waals surface area contributed by atoms with Crippen LogP contribution >= 0.6 is 0 Å². The number of carbonyl (C=O) groups excluding carboxylic acids is 1. The number of carbonyl (C=O) groups is 1. The zero-order valence-corrected chi connectivity index (χ0v) is 8.08. The van der Waals surface area contributed by atoms with Crippen LogP contribution in [0.3, 0.4) is 0 Å². The van der Waals surface area contributed by atoms with Gasteiger partial charge in [-0.15, -0.1) is 0 Å². The minimum absolute atomic E-state index is 0.190. The Balaban J connectivity index is 2.58. The number of rotatable bonds is 2. The Bertz CT molecular complexity index is 228. The van der Waals surface area contributed by atoms with Crippen molar-refractivity contribution < 1.29 is 9.53 Å². The van der Waals surface area contributed by atoms with Crippen molar-refractivity contribution >= 4 is 5.97 Å². The zero-order valence-electron chi connectivity index (χ0n) is 8.08. The first-order valence-corrected chi connectivity index (χ1v) is 4.69. The molecule has 13 heavy (non-hydrogen) atoms. The van der Waals surface area contributed by atoms with Crippen LogP contribution in [0, 0.1) is 5.92 Å². The first-order valence-electron chi connectivity index (χ1n) is 4.69. The molecule has 0 aromatic rings. The molecule has 0 spiro atoms. The monoisotopic (exact) mass is 180 g/mol. The smallest absolute Gasteiger partial charge is 0.333 e. The molecule has 2 heteroatoms. The summed E-state index contributed by atoms with van der Waals surface area (Å²) in [6.07, 6.45) is 8.71. The molecule has 0 aromatic carbocycles. The van der Waals surface area contributed by atoms with Crippen molar-refractivity contribution in [3.63, 3.8) is 0 Å². The van der Waals surface area contributed by atoms with Gasteiger partial charge < -0.3 is 4.74 Å². The van der Waals surface area contributed by atoms with Gasteiger partial charge in [-0.25, -0.2) is 4.79 Å². The molecule has 0 saturated carbocycles. The molecular formula is C11H16O2. The molecule has 0 radical (unpaired) electrons. The van der Waals surface area contributed by atoms with Gasteiger partial charge in [-0.3, -0.25) is 0 Å². The highest BCUT2D eigenvalue weighted by atomic mass is 16.5. The molecule has 1 atom stereocenters. The maximum absolute atomic E-state index is 11.2. The van der Waals surface area contributed by atoms with Crippen LogP contribution in [0.15, 0.2) is 24.3 Å². The Morgan fingerprint density at radius 3 is 3.00 bits per heavy atom. The van der Waals surface area contributed by atoms with E-state index in [0.29, 0.717) is 5.57 Å². The third kappa shape index (κ3) is 2.72. The molecule has 0 bridgehead atoms. The highest BCUT2D eigenvalue weighted by molar-refractivity contribution is 5.88. The summed E-state index contributed by atoms with van der Waals surface area (Å²) >= 11 is 0. The third-order valence-electron chi connectivity index (χ3n) is 2.40.